The molecule has 1 heterocycles. The third-order valence-corrected chi connectivity index (χ3v) is 7.68. The molecule has 2 N–H and O–H groups in total. The summed E-state index contributed by atoms with van der Waals surface area (Å²) in [5, 5.41) is 13.2. The smallest absolute Gasteiger partial charge is 0.336 e. The first-order chi connectivity index (χ1) is 17.9. The topological polar surface area (TPSA) is 94.1 Å². The van der Waals surface area contributed by atoms with E-state index in [1.165, 1.54) is 0 Å². The van der Waals surface area contributed by atoms with Crippen molar-refractivity contribution < 1.29 is 28.9 Å². The molecule has 2 aromatic rings. The van der Waals surface area contributed by atoms with Gasteiger partial charge in [0, 0.05) is 35.1 Å². The minimum absolute atomic E-state index is 0.0223. The van der Waals surface area contributed by atoms with Crippen LogP contribution >= 0.6 is 11.8 Å². The standard InChI is InChI=1S/C29H33NO6S/c1-5-37-13-12-36-29(33)26-17(2)30-22-14-20(19-8-11-24(34-3)25(16-19)35-4)15-23(32)28(22)27(26)18-6-9-21(31)10-7-18/h6-11,16,20,27,30-31H,5,12-15H2,1-4H3/t20-,27+/m0/s1. The number of aromatic hydroxyl groups is 1. The Morgan fingerprint density at radius 2 is 1.76 bits per heavy atom. The van der Waals surface area contributed by atoms with Crippen molar-refractivity contribution in [2.75, 3.05) is 32.3 Å². The van der Waals surface area contributed by atoms with Crippen LogP contribution in [0.15, 0.2) is 65.0 Å². The van der Waals surface area contributed by atoms with Crippen LogP contribution in [0.5, 0.6) is 17.2 Å². The zero-order valence-electron chi connectivity index (χ0n) is 21.6. The molecule has 0 fully saturated rings. The molecule has 7 nitrogen and oxygen atoms in total. The van der Waals surface area contributed by atoms with Crippen molar-refractivity contribution in [2.45, 2.75) is 38.5 Å². The molecular weight excluding hydrogens is 490 g/mol. The number of ketones is 1. The number of phenols is 1. The van der Waals surface area contributed by atoms with Crippen LogP contribution in [0, 0.1) is 0 Å². The van der Waals surface area contributed by atoms with Gasteiger partial charge in [0.05, 0.1) is 19.8 Å². The van der Waals surface area contributed by atoms with Crippen LogP contribution in [0.3, 0.4) is 0 Å². The van der Waals surface area contributed by atoms with Gasteiger partial charge in [0.2, 0.25) is 0 Å². The van der Waals surface area contributed by atoms with Gasteiger partial charge in [-0.25, -0.2) is 4.79 Å². The van der Waals surface area contributed by atoms with Crippen molar-refractivity contribution in [3.8, 4) is 17.2 Å². The second kappa shape index (κ2) is 11.8. The highest BCUT2D eigenvalue weighted by Crippen LogP contribution is 2.46. The predicted octanol–water partition coefficient (Wildman–Crippen LogP) is 5.07. The van der Waals surface area contributed by atoms with Crippen LogP contribution in [0.1, 0.15) is 49.7 Å². The number of ether oxygens (including phenoxy) is 3. The van der Waals surface area contributed by atoms with Gasteiger partial charge >= 0.3 is 5.97 Å². The average molecular weight is 524 g/mol. The maximum atomic E-state index is 13.7. The quantitative estimate of drug-likeness (QED) is 0.348. The first-order valence-corrected chi connectivity index (χ1v) is 13.5. The molecule has 0 bridgehead atoms. The number of nitrogens with one attached hydrogen (secondary N) is 1. The molecule has 2 aromatic carbocycles. The summed E-state index contributed by atoms with van der Waals surface area (Å²) in [6, 6.07) is 12.4. The summed E-state index contributed by atoms with van der Waals surface area (Å²) in [6.45, 7) is 4.21. The fourth-order valence-electron chi connectivity index (χ4n) is 5.07. The largest absolute Gasteiger partial charge is 0.508 e. The highest BCUT2D eigenvalue weighted by atomic mass is 32.2. The summed E-state index contributed by atoms with van der Waals surface area (Å²) in [6.07, 6.45) is 0.914. The van der Waals surface area contributed by atoms with Gasteiger partial charge in [-0.15, -0.1) is 0 Å². The number of Topliss-reactive ketones (excluding diaryl/α,β-unsaturated/α-hetero) is 1. The molecular formula is C29H33NO6S. The number of benzene rings is 2. The van der Waals surface area contributed by atoms with E-state index in [1.54, 1.807) is 50.2 Å². The summed E-state index contributed by atoms with van der Waals surface area (Å²) in [7, 11) is 3.18. The van der Waals surface area contributed by atoms with Crippen molar-refractivity contribution in [1.29, 1.82) is 0 Å². The third kappa shape index (κ3) is 5.64. The Hall–Kier alpha value is -3.39. The zero-order valence-corrected chi connectivity index (χ0v) is 22.4. The maximum absolute atomic E-state index is 13.7. The number of hydrogen-bond acceptors (Lipinski definition) is 8. The third-order valence-electron chi connectivity index (χ3n) is 6.82. The fraction of sp³-hybridized carbons (Fsp3) is 0.379. The minimum Gasteiger partial charge on any atom is -0.508 e. The number of dihydropyridines is 1. The molecule has 0 aromatic heterocycles. The van der Waals surface area contributed by atoms with Crippen molar-refractivity contribution in [2.24, 2.45) is 0 Å². The minimum atomic E-state index is -0.568. The number of methoxy groups -OCH3 is 2. The molecule has 0 radical (unpaired) electrons. The molecule has 0 saturated carbocycles. The highest BCUT2D eigenvalue weighted by molar-refractivity contribution is 7.99. The number of carbonyl (C=O) groups excluding carboxylic acids is 2. The number of hydrogen-bond donors (Lipinski definition) is 2. The van der Waals surface area contributed by atoms with E-state index >= 15 is 0 Å². The van der Waals surface area contributed by atoms with Crippen molar-refractivity contribution in [3.63, 3.8) is 0 Å². The second-order valence-electron chi connectivity index (χ2n) is 9.06. The van der Waals surface area contributed by atoms with Gasteiger partial charge in [-0.05, 0) is 60.4 Å². The molecule has 37 heavy (non-hydrogen) atoms. The monoisotopic (exact) mass is 523 g/mol. The van der Waals surface area contributed by atoms with Gasteiger partial charge in [-0.2, -0.15) is 11.8 Å². The molecule has 1 aliphatic heterocycles. The van der Waals surface area contributed by atoms with Crippen LogP contribution in [-0.2, 0) is 14.3 Å². The van der Waals surface area contributed by atoms with Gasteiger partial charge in [0.1, 0.15) is 12.4 Å². The predicted molar refractivity (Wildman–Crippen MR) is 144 cm³/mol. The zero-order chi connectivity index (χ0) is 26.5. The van der Waals surface area contributed by atoms with E-state index in [2.05, 4.69) is 12.2 Å². The van der Waals surface area contributed by atoms with Crippen molar-refractivity contribution in [1.82, 2.24) is 5.32 Å². The number of thioether (sulfide) groups is 1. The van der Waals surface area contributed by atoms with Crippen LogP contribution < -0.4 is 14.8 Å². The molecule has 4 rings (SSSR count). The lowest BCUT2D eigenvalue weighted by Crippen LogP contribution is -2.36. The first-order valence-electron chi connectivity index (χ1n) is 12.4. The molecule has 8 heteroatoms. The number of phenolic OH excluding ortho intramolecular Hbond substituents is 1. The highest BCUT2D eigenvalue weighted by Gasteiger charge is 2.41. The Balaban J connectivity index is 1.70. The first kappa shape index (κ1) is 26.7. The summed E-state index contributed by atoms with van der Waals surface area (Å²) in [4.78, 5) is 27.0. The SMILES string of the molecule is CCSCCOC(=O)C1=C(C)NC2=C(C(=O)C[C@@H](c3ccc(OC)c(OC)c3)C2)[C@@H]1c1ccc(O)cc1. The average Bonchev–Trinajstić information content (AvgIpc) is 2.90. The second-order valence-corrected chi connectivity index (χ2v) is 10.4. The van der Waals surface area contributed by atoms with Crippen LogP contribution in [0.25, 0.3) is 0 Å². The molecule has 2 aliphatic rings. The van der Waals surface area contributed by atoms with Gasteiger partial charge in [-0.3, -0.25) is 4.79 Å². The molecule has 0 saturated heterocycles. The maximum Gasteiger partial charge on any atom is 0.336 e. The van der Waals surface area contributed by atoms with Gasteiger partial charge in [0.25, 0.3) is 0 Å². The normalized spacial score (nSPS) is 19.3. The number of esters is 1. The Bertz CT molecular complexity index is 1230. The van der Waals surface area contributed by atoms with Crippen LogP contribution in [0.2, 0.25) is 0 Å². The summed E-state index contributed by atoms with van der Waals surface area (Å²) >= 11 is 1.70. The summed E-state index contributed by atoms with van der Waals surface area (Å²) in [5.74, 6) is 1.97. The Kier molecular flexibility index (Phi) is 8.48. The van der Waals surface area contributed by atoms with Crippen molar-refractivity contribution in [3.05, 3.63) is 76.1 Å². The van der Waals surface area contributed by atoms with Gasteiger partial charge in [0.15, 0.2) is 17.3 Å². The lowest BCUT2D eigenvalue weighted by Gasteiger charge is -2.36. The lowest BCUT2D eigenvalue weighted by atomic mass is 9.71. The molecule has 0 amide bonds. The number of carbonyl (C=O) groups is 2. The van der Waals surface area contributed by atoms with E-state index in [-0.39, 0.29) is 17.5 Å². The van der Waals surface area contributed by atoms with E-state index in [0.717, 1.165) is 22.6 Å². The van der Waals surface area contributed by atoms with Gasteiger partial charge < -0.3 is 24.6 Å². The van der Waals surface area contributed by atoms with E-state index in [1.807, 2.05) is 25.1 Å². The Morgan fingerprint density at radius 3 is 2.43 bits per heavy atom. The number of rotatable bonds is 9. The van der Waals surface area contributed by atoms with E-state index in [9.17, 15) is 14.7 Å². The molecule has 2 atom stereocenters. The van der Waals surface area contributed by atoms with E-state index in [0.29, 0.717) is 53.5 Å². The Morgan fingerprint density at radius 1 is 1.05 bits per heavy atom. The number of allylic oxidation sites excluding steroid dienone is 3. The molecule has 0 unspecified atom stereocenters. The molecule has 1 aliphatic carbocycles. The lowest BCUT2D eigenvalue weighted by molar-refractivity contribution is -0.138. The Labute approximate surface area is 221 Å². The summed E-state index contributed by atoms with van der Waals surface area (Å²) < 4.78 is 16.5. The van der Waals surface area contributed by atoms with E-state index < -0.39 is 11.9 Å². The van der Waals surface area contributed by atoms with E-state index in [4.69, 9.17) is 14.2 Å². The van der Waals surface area contributed by atoms with Crippen LogP contribution in [0.4, 0.5) is 0 Å². The summed E-state index contributed by atoms with van der Waals surface area (Å²) in [5.41, 5.74) is 4.25. The van der Waals surface area contributed by atoms with Crippen LogP contribution in [-0.4, -0.2) is 49.2 Å². The van der Waals surface area contributed by atoms with Gasteiger partial charge in [-0.1, -0.05) is 25.1 Å². The molecule has 196 valence electrons. The fourth-order valence-corrected chi connectivity index (χ4v) is 5.56. The van der Waals surface area contributed by atoms with Crippen molar-refractivity contribution >= 4 is 23.5 Å². The molecule has 0 spiro atoms.